The summed E-state index contributed by atoms with van der Waals surface area (Å²) in [5.74, 6) is -0.119. The molecule has 5 nitrogen and oxygen atoms in total. The first kappa shape index (κ1) is 18.7. The third kappa shape index (κ3) is 8.02. The van der Waals surface area contributed by atoms with Crippen LogP contribution in [0.4, 0.5) is 4.79 Å². The first-order valence-corrected chi connectivity index (χ1v) is 7.46. The van der Waals surface area contributed by atoms with Crippen molar-refractivity contribution >= 4 is 12.1 Å². The lowest BCUT2D eigenvalue weighted by molar-refractivity contribution is -0.149. The number of amides is 1. The molecule has 0 aromatic heterocycles. The predicted octanol–water partition coefficient (Wildman–Crippen LogP) is 3.22. The van der Waals surface area contributed by atoms with Gasteiger partial charge in [-0.2, -0.15) is 0 Å². The molecule has 0 N–H and O–H groups in total. The van der Waals surface area contributed by atoms with E-state index in [0.29, 0.717) is 13.2 Å². The van der Waals surface area contributed by atoms with Crippen molar-refractivity contribution < 1.29 is 19.1 Å². The van der Waals surface area contributed by atoms with Crippen LogP contribution in [0.2, 0.25) is 0 Å². The monoisotopic (exact) mass is 287 g/mol. The van der Waals surface area contributed by atoms with Crippen molar-refractivity contribution in [2.45, 2.75) is 59.4 Å². The molecule has 0 aliphatic heterocycles. The van der Waals surface area contributed by atoms with E-state index < -0.39 is 18.1 Å². The highest BCUT2D eigenvalue weighted by Crippen LogP contribution is 2.05. The van der Waals surface area contributed by atoms with Crippen molar-refractivity contribution in [2.24, 2.45) is 5.92 Å². The summed E-state index contributed by atoms with van der Waals surface area (Å²) in [6.45, 7) is 8.46. The van der Waals surface area contributed by atoms with E-state index in [1.54, 1.807) is 14.0 Å². The summed E-state index contributed by atoms with van der Waals surface area (Å²) < 4.78 is 10.2. The smallest absolute Gasteiger partial charge is 0.410 e. The molecule has 0 aliphatic rings. The minimum Gasteiger partial charge on any atom is -0.464 e. The van der Waals surface area contributed by atoms with Crippen molar-refractivity contribution in [1.29, 1.82) is 0 Å². The van der Waals surface area contributed by atoms with Gasteiger partial charge in [0.25, 0.3) is 0 Å². The summed E-state index contributed by atoms with van der Waals surface area (Å²) in [4.78, 5) is 24.8. The molecule has 0 aliphatic carbocycles. The Hall–Kier alpha value is -1.26. The van der Waals surface area contributed by atoms with Gasteiger partial charge in [-0.25, -0.2) is 9.59 Å². The lowest BCUT2D eigenvalue weighted by Gasteiger charge is -2.23. The van der Waals surface area contributed by atoms with Crippen LogP contribution in [0.5, 0.6) is 0 Å². The average Bonchev–Trinajstić information content (AvgIpc) is 2.42. The van der Waals surface area contributed by atoms with Gasteiger partial charge in [0, 0.05) is 7.05 Å². The number of likely N-dealkylation sites (N-methyl/N-ethyl adjacent to an activating group) is 1. The van der Waals surface area contributed by atoms with E-state index in [-0.39, 0.29) is 5.92 Å². The zero-order chi connectivity index (χ0) is 15.5. The van der Waals surface area contributed by atoms with Gasteiger partial charge in [0.15, 0.2) is 0 Å². The quantitative estimate of drug-likeness (QED) is 0.482. The van der Waals surface area contributed by atoms with Gasteiger partial charge in [0.1, 0.15) is 6.04 Å². The average molecular weight is 287 g/mol. The molecule has 1 unspecified atom stereocenters. The summed E-state index contributed by atoms with van der Waals surface area (Å²) in [6.07, 6.45) is 3.73. The molecule has 20 heavy (non-hydrogen) atoms. The molecule has 0 saturated carbocycles. The van der Waals surface area contributed by atoms with Gasteiger partial charge in [0.05, 0.1) is 13.2 Å². The maximum Gasteiger partial charge on any atom is 0.410 e. The Kier molecular flexibility index (Phi) is 9.86. The number of carbonyl (C=O) groups is 2. The molecular weight excluding hydrogens is 258 g/mol. The number of nitrogens with zero attached hydrogens (tertiary/aromatic N) is 1. The van der Waals surface area contributed by atoms with E-state index in [2.05, 4.69) is 6.92 Å². The summed E-state index contributed by atoms with van der Waals surface area (Å²) in [7, 11) is 1.55. The highest BCUT2D eigenvalue weighted by Gasteiger charge is 2.24. The fourth-order valence-corrected chi connectivity index (χ4v) is 1.48. The first-order valence-electron chi connectivity index (χ1n) is 7.46. The van der Waals surface area contributed by atoms with Crippen molar-refractivity contribution in [3.63, 3.8) is 0 Å². The molecule has 0 bridgehead atoms. The van der Waals surface area contributed by atoms with Crippen LogP contribution in [0.3, 0.4) is 0 Å². The molecule has 0 radical (unpaired) electrons. The molecule has 0 heterocycles. The standard InChI is InChI=1S/C15H29NO4/c1-6-7-8-9-10-19-15(18)16(5)13(4)14(17)20-11-12(2)3/h12-13H,6-11H2,1-5H3. The zero-order valence-corrected chi connectivity index (χ0v) is 13.5. The Morgan fingerprint density at radius 3 is 2.25 bits per heavy atom. The number of hydrogen-bond donors (Lipinski definition) is 0. The van der Waals surface area contributed by atoms with Gasteiger partial charge in [-0.05, 0) is 19.3 Å². The summed E-state index contributed by atoms with van der Waals surface area (Å²) >= 11 is 0. The van der Waals surface area contributed by atoms with Crippen LogP contribution in [0.25, 0.3) is 0 Å². The topological polar surface area (TPSA) is 55.8 Å². The van der Waals surface area contributed by atoms with E-state index in [4.69, 9.17) is 9.47 Å². The van der Waals surface area contributed by atoms with Crippen LogP contribution < -0.4 is 0 Å². The highest BCUT2D eigenvalue weighted by atomic mass is 16.6. The van der Waals surface area contributed by atoms with E-state index in [1.807, 2.05) is 13.8 Å². The number of rotatable bonds is 9. The summed E-state index contributed by atoms with van der Waals surface area (Å²) in [6, 6.07) is -0.628. The molecule has 118 valence electrons. The minimum absolute atomic E-state index is 0.280. The number of unbranched alkanes of at least 4 members (excludes halogenated alkanes) is 3. The van der Waals surface area contributed by atoms with Crippen molar-refractivity contribution in [1.82, 2.24) is 4.90 Å². The number of ether oxygens (including phenoxy) is 2. The third-order valence-corrected chi connectivity index (χ3v) is 2.99. The van der Waals surface area contributed by atoms with Crippen LogP contribution >= 0.6 is 0 Å². The molecule has 1 amide bonds. The number of carbonyl (C=O) groups excluding carboxylic acids is 2. The zero-order valence-electron chi connectivity index (χ0n) is 13.5. The fraction of sp³-hybridized carbons (Fsp3) is 0.867. The van der Waals surface area contributed by atoms with E-state index >= 15 is 0 Å². The predicted molar refractivity (Wildman–Crippen MR) is 78.5 cm³/mol. The summed E-state index contributed by atoms with van der Waals surface area (Å²) in [5.41, 5.74) is 0. The first-order chi connectivity index (χ1) is 9.40. The summed E-state index contributed by atoms with van der Waals surface area (Å²) in [5, 5.41) is 0. The van der Waals surface area contributed by atoms with Crippen molar-refractivity contribution in [3.05, 3.63) is 0 Å². The van der Waals surface area contributed by atoms with Gasteiger partial charge in [0.2, 0.25) is 0 Å². The third-order valence-electron chi connectivity index (χ3n) is 2.99. The van der Waals surface area contributed by atoms with Crippen LogP contribution in [-0.2, 0) is 14.3 Å². The lowest BCUT2D eigenvalue weighted by atomic mass is 10.2. The molecular formula is C15H29NO4. The molecule has 0 aromatic carbocycles. The Morgan fingerprint density at radius 1 is 1.05 bits per heavy atom. The number of esters is 1. The van der Waals surface area contributed by atoms with Crippen LogP contribution in [0.15, 0.2) is 0 Å². The maximum atomic E-state index is 11.8. The van der Waals surface area contributed by atoms with Crippen LogP contribution in [-0.4, -0.2) is 43.3 Å². The van der Waals surface area contributed by atoms with E-state index in [0.717, 1.165) is 25.7 Å². The second-order valence-corrected chi connectivity index (χ2v) is 5.49. The van der Waals surface area contributed by atoms with E-state index in [9.17, 15) is 9.59 Å². The van der Waals surface area contributed by atoms with Gasteiger partial charge < -0.3 is 9.47 Å². The minimum atomic E-state index is -0.628. The van der Waals surface area contributed by atoms with Gasteiger partial charge in [-0.15, -0.1) is 0 Å². The van der Waals surface area contributed by atoms with Crippen LogP contribution in [0.1, 0.15) is 53.4 Å². The van der Waals surface area contributed by atoms with Gasteiger partial charge in [-0.3, -0.25) is 4.90 Å². The molecule has 1 atom stereocenters. The van der Waals surface area contributed by atoms with Crippen molar-refractivity contribution in [2.75, 3.05) is 20.3 Å². The highest BCUT2D eigenvalue weighted by molar-refractivity contribution is 5.80. The molecule has 5 heteroatoms. The molecule has 0 fully saturated rings. The van der Waals surface area contributed by atoms with Gasteiger partial charge >= 0.3 is 12.1 Å². The molecule has 0 spiro atoms. The second kappa shape index (κ2) is 10.5. The fourth-order valence-electron chi connectivity index (χ4n) is 1.48. The lowest BCUT2D eigenvalue weighted by Crippen LogP contribution is -2.42. The molecule has 0 saturated heterocycles. The molecule has 0 rings (SSSR count). The number of hydrogen-bond acceptors (Lipinski definition) is 4. The molecule has 0 aromatic rings. The van der Waals surface area contributed by atoms with Crippen LogP contribution in [0, 0.1) is 5.92 Å². The Bertz CT molecular complexity index is 292. The Morgan fingerprint density at radius 2 is 1.70 bits per heavy atom. The Balaban J connectivity index is 3.99. The normalized spacial score (nSPS) is 12.1. The van der Waals surface area contributed by atoms with Gasteiger partial charge in [-0.1, -0.05) is 40.0 Å². The maximum absolute atomic E-state index is 11.8. The largest absolute Gasteiger partial charge is 0.464 e. The second-order valence-electron chi connectivity index (χ2n) is 5.49. The van der Waals surface area contributed by atoms with E-state index in [1.165, 1.54) is 4.90 Å². The Labute approximate surface area is 122 Å². The SMILES string of the molecule is CCCCCCOC(=O)N(C)C(C)C(=O)OCC(C)C. The van der Waals surface area contributed by atoms with Crippen molar-refractivity contribution in [3.8, 4) is 0 Å².